The fourth-order valence-corrected chi connectivity index (χ4v) is 19.1. The largest absolute Gasteiger partial charge is 0.381 e. The summed E-state index contributed by atoms with van der Waals surface area (Å²) in [6, 6.07) is 18.8. The van der Waals surface area contributed by atoms with Crippen molar-refractivity contribution < 1.29 is 4.74 Å². The molecule has 0 saturated carbocycles. The van der Waals surface area contributed by atoms with Crippen molar-refractivity contribution in [1.29, 1.82) is 0 Å². The molecule has 1 aliphatic rings. The van der Waals surface area contributed by atoms with Crippen molar-refractivity contribution in [2.24, 2.45) is 0 Å². The van der Waals surface area contributed by atoms with E-state index in [1.165, 1.54) is 106 Å². The van der Waals surface area contributed by atoms with Crippen LogP contribution in [0.3, 0.4) is 0 Å². The van der Waals surface area contributed by atoms with Gasteiger partial charge in [-0.2, -0.15) is 0 Å². The molecule has 0 amide bonds. The van der Waals surface area contributed by atoms with Crippen LogP contribution in [0, 0.1) is 40.7 Å². The fraction of sp³-hybridized carbons (Fsp3) is 0.277. The number of benzene rings is 2. The van der Waals surface area contributed by atoms with E-state index in [2.05, 4.69) is 181 Å². The molecule has 0 unspecified atom stereocenters. The number of terminal acetylenes is 1. The third-order valence-corrected chi connectivity index (χ3v) is 22.7. The highest BCUT2D eigenvalue weighted by Crippen LogP contribution is 2.48. The first-order chi connectivity index (χ1) is 28.8. The van der Waals surface area contributed by atoms with E-state index in [9.17, 15) is 0 Å². The summed E-state index contributed by atoms with van der Waals surface area (Å²) in [7, 11) is -3.80. The summed E-state index contributed by atoms with van der Waals surface area (Å²) in [4.78, 5) is 2.41. The first kappa shape index (κ1) is 46.4. The summed E-state index contributed by atoms with van der Waals surface area (Å²) in [6.45, 7) is 22.2. The van der Waals surface area contributed by atoms with Gasteiger partial charge in [-0.1, -0.05) is 70.8 Å². The fourth-order valence-electron chi connectivity index (χ4n) is 6.27. The minimum atomic E-state index is -1.35. The zero-order valence-corrected chi connectivity index (χ0v) is 49.3. The van der Waals surface area contributed by atoms with Gasteiger partial charge in [0.25, 0.3) is 0 Å². The smallest absolute Gasteiger partial charge is 0.129 e. The second-order valence-electron chi connectivity index (χ2n) is 17.9. The van der Waals surface area contributed by atoms with Crippen LogP contribution in [0.25, 0.3) is 77.9 Å². The minimum absolute atomic E-state index is 1.00. The van der Waals surface area contributed by atoms with Crippen LogP contribution >= 0.6 is 136 Å². The molecule has 14 heteroatoms. The lowest BCUT2D eigenvalue weighted by Crippen LogP contribution is -2.16. The molecule has 1 saturated heterocycles. The van der Waals surface area contributed by atoms with Gasteiger partial charge in [0, 0.05) is 72.4 Å². The molecule has 10 aromatic rings. The Balaban J connectivity index is 0.000000141. The summed E-state index contributed by atoms with van der Waals surface area (Å²) >= 11 is 20.0. The van der Waals surface area contributed by atoms with E-state index in [1.807, 2.05) is 90.7 Å². The highest BCUT2D eigenvalue weighted by Gasteiger charge is 2.17. The summed E-state index contributed by atoms with van der Waals surface area (Å²) in [6.07, 6.45) is 7.67. The molecule has 9 heterocycles. The monoisotopic (exact) mass is 1220 g/mol. The van der Waals surface area contributed by atoms with Crippen molar-refractivity contribution in [3.63, 3.8) is 0 Å². The van der Waals surface area contributed by atoms with Gasteiger partial charge < -0.3 is 4.74 Å². The van der Waals surface area contributed by atoms with Gasteiger partial charge in [0.1, 0.15) is 24.2 Å². The van der Waals surface area contributed by atoms with Crippen molar-refractivity contribution in [1.82, 2.24) is 0 Å². The number of hydrogen-bond donors (Lipinski definition) is 0. The second-order valence-corrected chi connectivity index (χ2v) is 44.5. The quantitative estimate of drug-likeness (QED) is 0.0835. The molecule has 0 spiro atoms. The number of thiophene rings is 8. The molecule has 312 valence electrons. The van der Waals surface area contributed by atoms with Crippen LogP contribution in [0.5, 0.6) is 0 Å². The molecule has 1 aliphatic heterocycles. The summed E-state index contributed by atoms with van der Waals surface area (Å²) in [5.41, 5.74) is 9.75. The van der Waals surface area contributed by atoms with E-state index in [0.29, 0.717) is 0 Å². The van der Waals surface area contributed by atoms with Crippen molar-refractivity contribution in [2.75, 3.05) is 13.2 Å². The molecular weight excluding hydrogens is 1180 g/mol. The number of hydrogen-bond acceptors (Lipinski definition) is 9. The van der Waals surface area contributed by atoms with Crippen LogP contribution in [0.2, 0.25) is 58.9 Å². The summed E-state index contributed by atoms with van der Waals surface area (Å²) in [5.74, 6) is 6.88. The lowest BCUT2D eigenvalue weighted by atomic mass is 10.2. The van der Waals surface area contributed by atoms with Gasteiger partial charge in [0.2, 0.25) is 0 Å². The van der Waals surface area contributed by atoms with Gasteiger partial charge in [-0.25, -0.2) is 0 Å². The van der Waals surface area contributed by atoms with E-state index >= 15 is 0 Å². The number of fused-ring (bicyclic) bond motifs is 12. The third-order valence-electron chi connectivity index (χ3n) is 9.14. The molecule has 0 bridgehead atoms. The van der Waals surface area contributed by atoms with Crippen LogP contribution in [0.15, 0.2) is 48.5 Å². The Kier molecular flexibility index (Phi) is 14.2. The number of rotatable bonds is 0. The Hall–Kier alpha value is -1.13. The highest BCUT2D eigenvalue weighted by molar-refractivity contribution is 14.1. The van der Waals surface area contributed by atoms with Crippen molar-refractivity contribution in [2.45, 2.75) is 71.8 Å². The molecular formula is C47H44I2OS8Si3. The van der Waals surface area contributed by atoms with Gasteiger partial charge in [-0.15, -0.1) is 114 Å². The van der Waals surface area contributed by atoms with Crippen molar-refractivity contribution in [3.05, 3.63) is 64.1 Å². The average Bonchev–Trinajstić information content (AvgIpc) is 4.02. The molecule has 11 rings (SSSR count). The standard InChI is InChI=1S/C24H22S4Si2.C14H4I2S4.C5H10Si.C4H8O/c1-29(2,3)9-7-15-11-21-23(25-15)17-13-20-18(14-19(17)27-21)24-22(28-20)12-16(26-24)8-10-30(4,5)6;15-11-3-9-13(19-11)5-1-7-6(2-8(5)18-9)14-10(17-7)4-12(16)20-14;1-5-6(2,3)4;1-2-4-5-3-1/h11-14H,1-6H3;1-4H;1H,2-4H3;1-4H2. The van der Waals surface area contributed by atoms with Crippen LogP contribution < -0.4 is 0 Å². The molecule has 1 nitrogen and oxygen atoms in total. The first-order valence-corrected chi connectivity index (χ1v) is 39.1. The summed E-state index contributed by atoms with van der Waals surface area (Å²) in [5, 5.41) is 5.66. The first-order valence-electron chi connectivity index (χ1n) is 19.9. The highest BCUT2D eigenvalue weighted by atomic mass is 127. The van der Waals surface area contributed by atoms with Crippen LogP contribution in [-0.4, -0.2) is 37.4 Å². The summed E-state index contributed by atoms with van der Waals surface area (Å²) < 4.78 is 24.7. The van der Waals surface area contributed by atoms with E-state index < -0.39 is 24.2 Å². The molecule has 2 aromatic carbocycles. The van der Waals surface area contributed by atoms with Gasteiger partial charge in [-0.05, 0) is 107 Å². The lowest BCUT2D eigenvalue weighted by Gasteiger charge is -2.02. The zero-order chi connectivity index (χ0) is 43.4. The second kappa shape index (κ2) is 18.6. The molecule has 1 fully saturated rings. The van der Waals surface area contributed by atoms with Crippen LogP contribution in [0.4, 0.5) is 0 Å². The minimum Gasteiger partial charge on any atom is -0.381 e. The number of ether oxygens (including phenoxy) is 1. The number of halogens is 2. The maximum Gasteiger partial charge on any atom is 0.129 e. The topological polar surface area (TPSA) is 9.23 Å². The molecule has 0 radical (unpaired) electrons. The Morgan fingerprint density at radius 1 is 0.443 bits per heavy atom. The van der Waals surface area contributed by atoms with Crippen LogP contribution in [-0.2, 0) is 4.74 Å². The Bertz CT molecular complexity index is 3200. The van der Waals surface area contributed by atoms with Gasteiger partial charge in [0.15, 0.2) is 0 Å². The van der Waals surface area contributed by atoms with E-state index in [1.54, 1.807) is 0 Å². The predicted molar refractivity (Wildman–Crippen MR) is 314 cm³/mol. The average molecular weight is 1220 g/mol. The van der Waals surface area contributed by atoms with Gasteiger partial charge in [-0.3, -0.25) is 0 Å². The Morgan fingerprint density at radius 2 is 0.754 bits per heavy atom. The normalized spacial score (nSPS) is 13.2. The third kappa shape index (κ3) is 11.1. The van der Waals surface area contributed by atoms with Crippen LogP contribution in [0.1, 0.15) is 22.6 Å². The zero-order valence-electron chi connectivity index (χ0n) is 35.5. The lowest BCUT2D eigenvalue weighted by molar-refractivity contribution is 0.198. The van der Waals surface area contributed by atoms with E-state index in [4.69, 9.17) is 11.2 Å². The van der Waals surface area contributed by atoms with Gasteiger partial charge >= 0.3 is 0 Å². The molecule has 0 N–H and O–H groups in total. The van der Waals surface area contributed by atoms with Crippen molar-refractivity contribution >= 4 is 238 Å². The Labute approximate surface area is 421 Å². The predicted octanol–water partition coefficient (Wildman–Crippen LogP) is 19.1. The maximum absolute atomic E-state index is 5.12. The van der Waals surface area contributed by atoms with E-state index in [0.717, 1.165) is 13.2 Å². The van der Waals surface area contributed by atoms with Crippen molar-refractivity contribution in [3.8, 4) is 34.9 Å². The Morgan fingerprint density at radius 3 is 1.03 bits per heavy atom. The molecule has 0 aliphatic carbocycles. The maximum atomic E-state index is 5.12. The van der Waals surface area contributed by atoms with Gasteiger partial charge in [0.05, 0.1) is 34.3 Å². The molecule has 61 heavy (non-hydrogen) atoms. The van der Waals surface area contributed by atoms with E-state index in [-0.39, 0.29) is 0 Å². The molecule has 0 atom stereocenters. The molecule has 8 aromatic heterocycles. The SMILES string of the molecule is C#C[Si](C)(C)C.C1CCOC1.C[Si](C)(C)C#Cc1cc2sc3cc4c(cc3c2s1)sc1cc(C#C[Si](C)(C)C)sc14.Ic1cc2sc3cc4c(cc3c2s1)sc1cc(I)sc14.